The summed E-state index contributed by atoms with van der Waals surface area (Å²) in [6.45, 7) is 0. The summed E-state index contributed by atoms with van der Waals surface area (Å²) in [4.78, 5) is 10.9. The van der Waals surface area contributed by atoms with Gasteiger partial charge >= 0.3 is 0 Å². The van der Waals surface area contributed by atoms with Gasteiger partial charge in [-0.2, -0.15) is 0 Å². The molecule has 2 rings (SSSR count). The van der Waals surface area contributed by atoms with Gasteiger partial charge in [-0.3, -0.25) is 4.79 Å². The lowest BCUT2D eigenvalue weighted by Gasteiger charge is -2.50. The van der Waals surface area contributed by atoms with Gasteiger partial charge in [0, 0.05) is 12.0 Å². The number of amides is 1. The zero-order valence-electron chi connectivity index (χ0n) is 7.96. The third-order valence-corrected chi connectivity index (χ3v) is 3.84. The Balaban J connectivity index is 1.86. The molecule has 0 aliphatic heterocycles. The van der Waals surface area contributed by atoms with Gasteiger partial charge in [0.25, 0.3) is 0 Å². The van der Waals surface area contributed by atoms with Gasteiger partial charge in [0.2, 0.25) is 5.91 Å². The fourth-order valence-corrected chi connectivity index (χ4v) is 2.98. The van der Waals surface area contributed by atoms with Crippen LogP contribution in [-0.4, -0.2) is 11.9 Å². The van der Waals surface area contributed by atoms with Crippen molar-refractivity contribution in [3.8, 4) is 0 Å². The molecule has 0 atom stereocenters. The van der Waals surface area contributed by atoms with E-state index in [2.05, 4.69) is 0 Å². The van der Waals surface area contributed by atoms with E-state index in [9.17, 15) is 4.79 Å². The Hall–Kier alpha value is -0.570. The van der Waals surface area contributed by atoms with Crippen molar-refractivity contribution in [2.24, 2.45) is 22.8 Å². The Bertz CT molecular complexity index is 211. The van der Waals surface area contributed by atoms with Crippen LogP contribution in [0.4, 0.5) is 0 Å². The van der Waals surface area contributed by atoms with E-state index in [1.54, 1.807) is 0 Å². The quantitative estimate of drug-likeness (QED) is 0.629. The highest BCUT2D eigenvalue weighted by Crippen LogP contribution is 2.51. The highest BCUT2D eigenvalue weighted by molar-refractivity contribution is 5.76. The Morgan fingerprint density at radius 2 is 1.77 bits per heavy atom. The van der Waals surface area contributed by atoms with Crippen LogP contribution >= 0.6 is 0 Å². The Morgan fingerprint density at radius 3 is 2.15 bits per heavy atom. The summed E-state index contributed by atoms with van der Waals surface area (Å²) in [5.74, 6) is 0.0286. The van der Waals surface area contributed by atoms with Crippen molar-refractivity contribution in [1.82, 2.24) is 0 Å². The van der Waals surface area contributed by atoms with Gasteiger partial charge in [-0.15, -0.1) is 0 Å². The summed E-state index contributed by atoms with van der Waals surface area (Å²) >= 11 is 0. The molecule has 0 aromatic heterocycles. The van der Waals surface area contributed by atoms with E-state index in [0.29, 0.717) is 11.5 Å². The largest absolute Gasteiger partial charge is 0.369 e. The summed E-state index contributed by atoms with van der Waals surface area (Å²) in [6.07, 6.45) is 6.63. The third kappa shape index (κ3) is 1.57. The van der Waals surface area contributed by atoms with Gasteiger partial charge in [0.05, 0.1) is 0 Å². The highest BCUT2D eigenvalue weighted by Gasteiger charge is 2.45. The summed E-state index contributed by atoms with van der Waals surface area (Å²) < 4.78 is 0. The minimum absolute atomic E-state index is 0.113. The second-order valence-corrected chi connectivity index (χ2v) is 4.84. The molecular weight excluding hydrogens is 164 g/mol. The van der Waals surface area contributed by atoms with Crippen molar-refractivity contribution in [2.45, 2.75) is 44.6 Å². The van der Waals surface area contributed by atoms with Gasteiger partial charge < -0.3 is 11.5 Å². The van der Waals surface area contributed by atoms with Gasteiger partial charge in [0.1, 0.15) is 0 Å². The van der Waals surface area contributed by atoms with Crippen molar-refractivity contribution in [1.29, 1.82) is 0 Å². The second kappa shape index (κ2) is 2.98. The first-order valence-corrected chi connectivity index (χ1v) is 5.16. The molecule has 2 aliphatic rings. The SMILES string of the molecule is NC(=O)C1CCC2(CC1)CC(N)C2. The van der Waals surface area contributed by atoms with Gasteiger partial charge in [-0.25, -0.2) is 0 Å². The van der Waals surface area contributed by atoms with Crippen LogP contribution in [0.5, 0.6) is 0 Å². The van der Waals surface area contributed by atoms with Gasteiger partial charge in [-0.05, 0) is 43.9 Å². The minimum Gasteiger partial charge on any atom is -0.369 e. The van der Waals surface area contributed by atoms with Crippen molar-refractivity contribution in [3.05, 3.63) is 0 Å². The average Bonchev–Trinajstić information content (AvgIpc) is 2.03. The standard InChI is InChI=1S/C10H18N2O/c11-8-5-10(6-8)3-1-7(2-4-10)9(12)13/h7-8H,1-6,11H2,(H2,12,13). The Labute approximate surface area is 78.9 Å². The van der Waals surface area contributed by atoms with Gasteiger partial charge in [0.15, 0.2) is 0 Å². The summed E-state index contributed by atoms with van der Waals surface area (Å²) in [5, 5.41) is 0. The van der Waals surface area contributed by atoms with E-state index in [1.165, 1.54) is 12.8 Å². The van der Waals surface area contributed by atoms with Crippen LogP contribution in [-0.2, 0) is 4.79 Å². The lowest BCUT2D eigenvalue weighted by Crippen LogP contribution is -2.48. The first-order chi connectivity index (χ1) is 6.11. The number of rotatable bonds is 1. The molecule has 3 heteroatoms. The molecule has 0 unspecified atom stereocenters. The molecule has 13 heavy (non-hydrogen) atoms. The fraction of sp³-hybridized carbons (Fsp3) is 0.900. The Kier molecular flexibility index (Phi) is 2.06. The number of carbonyl (C=O) groups excluding carboxylic acids is 1. The lowest BCUT2D eigenvalue weighted by atomic mass is 9.57. The molecule has 0 saturated heterocycles. The smallest absolute Gasteiger partial charge is 0.220 e. The normalized spacial score (nSPS) is 44.4. The van der Waals surface area contributed by atoms with E-state index in [4.69, 9.17) is 11.5 Å². The zero-order chi connectivity index (χ0) is 9.47. The van der Waals surface area contributed by atoms with Crippen LogP contribution in [0.1, 0.15) is 38.5 Å². The van der Waals surface area contributed by atoms with Crippen LogP contribution in [0.3, 0.4) is 0 Å². The summed E-state index contributed by atoms with van der Waals surface area (Å²) in [7, 11) is 0. The molecule has 1 spiro atoms. The van der Waals surface area contributed by atoms with Crippen molar-refractivity contribution in [3.63, 3.8) is 0 Å². The van der Waals surface area contributed by atoms with E-state index < -0.39 is 0 Å². The maximum absolute atomic E-state index is 10.9. The molecule has 2 saturated carbocycles. The molecule has 74 valence electrons. The van der Waals surface area contributed by atoms with E-state index >= 15 is 0 Å². The van der Waals surface area contributed by atoms with E-state index in [-0.39, 0.29) is 11.8 Å². The number of nitrogens with two attached hydrogens (primary N) is 2. The third-order valence-electron chi connectivity index (χ3n) is 3.84. The van der Waals surface area contributed by atoms with Gasteiger partial charge in [-0.1, -0.05) is 0 Å². The predicted octanol–water partition coefficient (Wildman–Crippen LogP) is 0.769. The molecule has 0 heterocycles. The topological polar surface area (TPSA) is 69.1 Å². The van der Waals surface area contributed by atoms with Crippen molar-refractivity contribution < 1.29 is 4.79 Å². The van der Waals surface area contributed by atoms with Crippen LogP contribution in [0, 0.1) is 11.3 Å². The number of carbonyl (C=O) groups is 1. The lowest BCUT2D eigenvalue weighted by molar-refractivity contribution is -0.124. The fourth-order valence-electron chi connectivity index (χ4n) is 2.98. The van der Waals surface area contributed by atoms with Crippen LogP contribution < -0.4 is 11.5 Å². The van der Waals surface area contributed by atoms with E-state index in [1.807, 2.05) is 0 Å². The first kappa shape index (κ1) is 9.00. The number of hydrogen-bond acceptors (Lipinski definition) is 2. The minimum atomic E-state index is -0.113. The second-order valence-electron chi connectivity index (χ2n) is 4.84. The summed E-state index contributed by atoms with van der Waals surface area (Å²) in [5.41, 5.74) is 11.6. The Morgan fingerprint density at radius 1 is 1.23 bits per heavy atom. The molecule has 3 nitrogen and oxygen atoms in total. The summed E-state index contributed by atoms with van der Waals surface area (Å²) in [6, 6.07) is 0.421. The van der Waals surface area contributed by atoms with E-state index in [0.717, 1.165) is 25.7 Å². The molecule has 0 radical (unpaired) electrons. The molecule has 0 aromatic rings. The molecule has 1 amide bonds. The molecule has 2 aliphatic carbocycles. The maximum Gasteiger partial charge on any atom is 0.220 e. The van der Waals surface area contributed by atoms with Crippen LogP contribution in [0.25, 0.3) is 0 Å². The zero-order valence-corrected chi connectivity index (χ0v) is 7.96. The van der Waals surface area contributed by atoms with Crippen molar-refractivity contribution in [2.75, 3.05) is 0 Å². The number of hydrogen-bond donors (Lipinski definition) is 2. The number of primary amides is 1. The molecular formula is C10H18N2O. The van der Waals surface area contributed by atoms with Crippen LogP contribution in [0.15, 0.2) is 0 Å². The molecule has 0 bridgehead atoms. The molecule has 0 aromatic carbocycles. The molecule has 2 fully saturated rings. The maximum atomic E-state index is 10.9. The average molecular weight is 182 g/mol. The first-order valence-electron chi connectivity index (χ1n) is 5.16. The predicted molar refractivity (Wildman–Crippen MR) is 50.8 cm³/mol. The van der Waals surface area contributed by atoms with Crippen molar-refractivity contribution >= 4 is 5.91 Å². The van der Waals surface area contributed by atoms with Crippen LogP contribution in [0.2, 0.25) is 0 Å². The highest BCUT2D eigenvalue weighted by atomic mass is 16.1. The molecule has 4 N–H and O–H groups in total. The monoisotopic (exact) mass is 182 g/mol.